The number of hydrogen-bond donors (Lipinski definition) is 0. The number of nitrogens with zero attached hydrogens (tertiary/aromatic N) is 3. The molecule has 4 nitrogen and oxygen atoms in total. The van der Waals surface area contributed by atoms with Gasteiger partial charge in [0.2, 0.25) is 0 Å². The molecule has 0 radical (unpaired) electrons. The highest BCUT2D eigenvalue weighted by molar-refractivity contribution is 7.09. The number of pyridine rings is 1. The number of unbranched alkanes of at least 4 members (excludes halogenated alkanes) is 2. The Labute approximate surface area is 141 Å². The first kappa shape index (κ1) is 16.0. The van der Waals surface area contributed by atoms with Gasteiger partial charge in [-0.05, 0) is 32.4 Å². The summed E-state index contributed by atoms with van der Waals surface area (Å²) in [6, 6.07) is 4.03. The maximum Gasteiger partial charge on any atom is 0.180 e. The average molecular weight is 329 g/mol. The van der Waals surface area contributed by atoms with Crippen molar-refractivity contribution in [2.75, 3.05) is 6.61 Å². The molecule has 0 fully saturated rings. The van der Waals surface area contributed by atoms with Crippen LogP contribution in [-0.4, -0.2) is 21.0 Å². The van der Waals surface area contributed by atoms with E-state index in [0.717, 1.165) is 47.2 Å². The molecule has 0 aliphatic carbocycles. The van der Waals surface area contributed by atoms with Crippen molar-refractivity contribution in [1.29, 1.82) is 0 Å². The standard InChI is InChI=1S/C18H23N3OS/c1-4-5-6-10-22-16-8-7-9-21-15(14(3)20-18(16)21)11-17-19-13(2)12-23-17/h7-9,12H,4-6,10-11H2,1-3H3. The summed E-state index contributed by atoms with van der Waals surface area (Å²) in [6.07, 6.45) is 6.36. The molecule has 3 aromatic rings. The Morgan fingerprint density at radius 1 is 1.22 bits per heavy atom. The van der Waals surface area contributed by atoms with Crippen LogP contribution in [0.2, 0.25) is 0 Å². The highest BCUT2D eigenvalue weighted by Crippen LogP contribution is 2.24. The van der Waals surface area contributed by atoms with Gasteiger partial charge in [0, 0.05) is 23.7 Å². The molecule has 0 bridgehead atoms. The summed E-state index contributed by atoms with van der Waals surface area (Å²) in [4.78, 5) is 9.30. The molecular formula is C18H23N3OS. The summed E-state index contributed by atoms with van der Waals surface area (Å²) in [6.45, 7) is 7.04. The third-order valence-electron chi connectivity index (χ3n) is 3.90. The van der Waals surface area contributed by atoms with E-state index in [4.69, 9.17) is 9.72 Å². The van der Waals surface area contributed by atoms with E-state index >= 15 is 0 Å². The van der Waals surface area contributed by atoms with Crippen LogP contribution in [0.5, 0.6) is 5.75 Å². The topological polar surface area (TPSA) is 39.4 Å². The lowest BCUT2D eigenvalue weighted by atomic mass is 10.2. The minimum absolute atomic E-state index is 0.750. The van der Waals surface area contributed by atoms with Crippen molar-refractivity contribution in [3.8, 4) is 5.75 Å². The molecule has 0 unspecified atom stereocenters. The summed E-state index contributed by atoms with van der Waals surface area (Å²) in [5, 5.41) is 3.22. The van der Waals surface area contributed by atoms with Gasteiger partial charge in [-0.3, -0.25) is 0 Å². The van der Waals surface area contributed by atoms with E-state index in [0.29, 0.717) is 0 Å². The lowest BCUT2D eigenvalue weighted by Crippen LogP contribution is -2.00. The van der Waals surface area contributed by atoms with Crippen LogP contribution < -0.4 is 4.74 Å². The van der Waals surface area contributed by atoms with Crippen LogP contribution in [0.3, 0.4) is 0 Å². The average Bonchev–Trinajstić information content (AvgIpc) is 3.09. The fourth-order valence-electron chi connectivity index (χ4n) is 2.69. The molecule has 0 amide bonds. The molecule has 0 N–H and O–H groups in total. The summed E-state index contributed by atoms with van der Waals surface area (Å²) >= 11 is 1.71. The van der Waals surface area contributed by atoms with E-state index in [9.17, 15) is 0 Å². The number of aryl methyl sites for hydroxylation is 2. The minimum atomic E-state index is 0.750. The summed E-state index contributed by atoms with van der Waals surface area (Å²) in [7, 11) is 0. The van der Waals surface area contributed by atoms with Crippen molar-refractivity contribution < 1.29 is 4.74 Å². The van der Waals surface area contributed by atoms with Gasteiger partial charge in [0.15, 0.2) is 11.4 Å². The van der Waals surface area contributed by atoms with Crippen LogP contribution in [0.1, 0.15) is 48.3 Å². The van der Waals surface area contributed by atoms with Crippen LogP contribution >= 0.6 is 11.3 Å². The first-order valence-electron chi connectivity index (χ1n) is 8.19. The van der Waals surface area contributed by atoms with Crippen molar-refractivity contribution in [2.45, 2.75) is 46.5 Å². The summed E-state index contributed by atoms with van der Waals surface area (Å²) < 4.78 is 8.09. The van der Waals surface area contributed by atoms with Crippen LogP contribution in [0.4, 0.5) is 0 Å². The van der Waals surface area contributed by atoms with Gasteiger partial charge in [-0.15, -0.1) is 11.3 Å². The Hall–Kier alpha value is -1.88. The molecule has 0 saturated carbocycles. The molecular weight excluding hydrogens is 306 g/mol. The van der Waals surface area contributed by atoms with E-state index in [-0.39, 0.29) is 0 Å². The molecule has 0 atom stereocenters. The second-order valence-corrected chi connectivity index (χ2v) is 6.77. The fourth-order valence-corrected chi connectivity index (χ4v) is 3.47. The van der Waals surface area contributed by atoms with Crippen LogP contribution in [0.25, 0.3) is 5.65 Å². The van der Waals surface area contributed by atoms with Gasteiger partial charge < -0.3 is 9.14 Å². The van der Waals surface area contributed by atoms with E-state index in [1.54, 1.807) is 11.3 Å². The lowest BCUT2D eigenvalue weighted by Gasteiger charge is -2.07. The van der Waals surface area contributed by atoms with E-state index in [1.165, 1.54) is 18.5 Å². The number of aromatic nitrogens is 3. The van der Waals surface area contributed by atoms with E-state index in [1.807, 2.05) is 19.1 Å². The van der Waals surface area contributed by atoms with Gasteiger partial charge in [0.25, 0.3) is 0 Å². The molecule has 0 spiro atoms. The first-order chi connectivity index (χ1) is 11.2. The largest absolute Gasteiger partial charge is 0.490 e. The van der Waals surface area contributed by atoms with Gasteiger partial charge in [-0.25, -0.2) is 9.97 Å². The van der Waals surface area contributed by atoms with Crippen molar-refractivity contribution in [3.63, 3.8) is 0 Å². The van der Waals surface area contributed by atoms with Gasteiger partial charge in [0.05, 0.1) is 23.0 Å². The van der Waals surface area contributed by atoms with Crippen molar-refractivity contribution in [1.82, 2.24) is 14.4 Å². The Kier molecular flexibility index (Phi) is 4.96. The number of hydrogen-bond acceptors (Lipinski definition) is 4. The number of ether oxygens (including phenoxy) is 1. The van der Waals surface area contributed by atoms with Gasteiger partial charge >= 0.3 is 0 Å². The molecule has 0 aromatic carbocycles. The Morgan fingerprint density at radius 2 is 2.09 bits per heavy atom. The maximum absolute atomic E-state index is 5.95. The molecule has 5 heteroatoms. The fraction of sp³-hybridized carbons (Fsp3) is 0.444. The third kappa shape index (κ3) is 3.55. The van der Waals surface area contributed by atoms with E-state index in [2.05, 4.69) is 34.8 Å². The molecule has 122 valence electrons. The minimum Gasteiger partial charge on any atom is -0.490 e. The zero-order chi connectivity index (χ0) is 16.2. The first-order valence-corrected chi connectivity index (χ1v) is 9.07. The zero-order valence-corrected chi connectivity index (χ0v) is 14.8. The summed E-state index contributed by atoms with van der Waals surface area (Å²) in [5.41, 5.74) is 4.22. The molecule has 0 aliphatic heterocycles. The number of thiazole rings is 1. The van der Waals surface area contributed by atoms with Crippen molar-refractivity contribution in [2.24, 2.45) is 0 Å². The van der Waals surface area contributed by atoms with Gasteiger partial charge in [-0.1, -0.05) is 19.8 Å². The second kappa shape index (κ2) is 7.13. The Balaban J connectivity index is 1.86. The molecule has 3 aromatic heterocycles. The second-order valence-electron chi connectivity index (χ2n) is 5.82. The van der Waals surface area contributed by atoms with Crippen molar-refractivity contribution in [3.05, 3.63) is 45.8 Å². The highest BCUT2D eigenvalue weighted by Gasteiger charge is 2.14. The normalized spacial score (nSPS) is 11.3. The number of fused-ring (bicyclic) bond motifs is 1. The van der Waals surface area contributed by atoms with Crippen LogP contribution in [0, 0.1) is 13.8 Å². The lowest BCUT2D eigenvalue weighted by molar-refractivity contribution is 0.308. The SMILES string of the molecule is CCCCCOc1cccn2c(Cc3nc(C)cs3)c(C)nc12. The van der Waals surface area contributed by atoms with Gasteiger partial charge in [-0.2, -0.15) is 0 Å². The Morgan fingerprint density at radius 3 is 2.83 bits per heavy atom. The molecule has 3 heterocycles. The van der Waals surface area contributed by atoms with E-state index < -0.39 is 0 Å². The van der Waals surface area contributed by atoms with Crippen LogP contribution in [0.15, 0.2) is 23.7 Å². The molecule has 0 saturated heterocycles. The van der Waals surface area contributed by atoms with Crippen LogP contribution in [-0.2, 0) is 6.42 Å². The predicted molar refractivity (Wildman–Crippen MR) is 94.6 cm³/mol. The maximum atomic E-state index is 5.95. The van der Waals surface area contributed by atoms with Crippen molar-refractivity contribution >= 4 is 17.0 Å². The van der Waals surface area contributed by atoms with Gasteiger partial charge in [0.1, 0.15) is 0 Å². The monoisotopic (exact) mass is 329 g/mol. The molecule has 0 aliphatic rings. The smallest absolute Gasteiger partial charge is 0.180 e. The molecule has 23 heavy (non-hydrogen) atoms. The molecule has 3 rings (SSSR count). The quantitative estimate of drug-likeness (QED) is 0.596. The predicted octanol–water partition coefficient (Wildman–Crippen LogP) is 4.57. The Bertz CT molecular complexity index is 791. The third-order valence-corrected chi connectivity index (χ3v) is 4.87. The summed E-state index contributed by atoms with van der Waals surface area (Å²) in [5.74, 6) is 0.869. The number of imidazole rings is 1. The zero-order valence-electron chi connectivity index (χ0n) is 14.0. The number of rotatable bonds is 7. The highest BCUT2D eigenvalue weighted by atomic mass is 32.1.